The molecule has 1 aliphatic carbocycles. The fraction of sp³-hybridized carbons (Fsp3) is 0.600. The summed E-state index contributed by atoms with van der Waals surface area (Å²) in [5, 5.41) is 6.85. The number of carbonyl (C=O) groups is 2. The Kier molecular flexibility index (Phi) is 3.75. The van der Waals surface area contributed by atoms with Gasteiger partial charge in [0.15, 0.2) is 0 Å². The lowest BCUT2D eigenvalue weighted by atomic mass is 9.89. The van der Waals surface area contributed by atoms with Gasteiger partial charge >= 0.3 is 5.97 Å². The van der Waals surface area contributed by atoms with E-state index in [1.807, 2.05) is 6.92 Å². The van der Waals surface area contributed by atoms with E-state index in [-0.39, 0.29) is 11.9 Å². The molecule has 0 radical (unpaired) electrons. The number of carbonyl (C=O) groups excluding carboxylic acids is 2. The molecule has 2 N–H and O–H groups in total. The fourth-order valence-corrected chi connectivity index (χ4v) is 4.35. The third-order valence-electron chi connectivity index (χ3n) is 4.45. The number of ether oxygens (including phenoxy) is 1. The smallest absolute Gasteiger partial charge is 0.341 e. The number of hydrogen-bond donors (Lipinski definition) is 2. The van der Waals surface area contributed by atoms with Gasteiger partial charge in [-0.25, -0.2) is 4.79 Å². The molecule has 2 heterocycles. The highest BCUT2D eigenvalue weighted by Crippen LogP contribution is 2.40. The molecular weight excluding hydrogens is 288 g/mol. The third-order valence-corrected chi connectivity index (χ3v) is 5.66. The summed E-state index contributed by atoms with van der Waals surface area (Å²) in [6.07, 6.45) is 3.77. The lowest BCUT2D eigenvalue weighted by Gasteiger charge is -2.21. The number of anilines is 1. The van der Waals surface area contributed by atoms with Crippen molar-refractivity contribution < 1.29 is 14.3 Å². The van der Waals surface area contributed by atoms with Crippen molar-refractivity contribution in [2.75, 3.05) is 25.5 Å². The number of amides is 1. The van der Waals surface area contributed by atoms with Crippen LogP contribution >= 0.6 is 11.3 Å². The van der Waals surface area contributed by atoms with Gasteiger partial charge in [-0.15, -0.1) is 11.3 Å². The van der Waals surface area contributed by atoms with E-state index >= 15 is 0 Å². The second kappa shape index (κ2) is 5.42. The van der Waals surface area contributed by atoms with Gasteiger partial charge in [0.25, 0.3) is 0 Å². The molecule has 2 aliphatic rings. The van der Waals surface area contributed by atoms with E-state index in [9.17, 15) is 9.59 Å². The Labute approximate surface area is 128 Å². The topological polar surface area (TPSA) is 67.4 Å². The zero-order chi connectivity index (χ0) is 15.0. The lowest BCUT2D eigenvalue weighted by molar-refractivity contribution is -0.123. The number of esters is 1. The monoisotopic (exact) mass is 308 g/mol. The summed E-state index contributed by atoms with van der Waals surface area (Å²) in [6, 6.07) is 0. The number of rotatable bonds is 3. The van der Waals surface area contributed by atoms with E-state index in [2.05, 4.69) is 10.6 Å². The van der Waals surface area contributed by atoms with Gasteiger partial charge in [-0.1, -0.05) is 0 Å². The van der Waals surface area contributed by atoms with Gasteiger partial charge in [-0.3, -0.25) is 4.79 Å². The summed E-state index contributed by atoms with van der Waals surface area (Å²) in [7, 11) is 1.38. The predicted octanol–water partition coefficient (Wildman–Crippen LogP) is 1.96. The van der Waals surface area contributed by atoms with E-state index < -0.39 is 5.41 Å². The van der Waals surface area contributed by atoms with Crippen LogP contribution in [-0.2, 0) is 22.4 Å². The largest absolute Gasteiger partial charge is 0.465 e. The van der Waals surface area contributed by atoms with Gasteiger partial charge in [-0.05, 0) is 44.7 Å². The Hall–Kier alpha value is -1.40. The molecule has 3 rings (SSSR count). The Morgan fingerprint density at radius 3 is 2.86 bits per heavy atom. The number of nitrogens with one attached hydrogen (secondary N) is 2. The quantitative estimate of drug-likeness (QED) is 0.838. The summed E-state index contributed by atoms with van der Waals surface area (Å²) in [4.78, 5) is 25.8. The SMILES string of the molecule is COC(=O)c1c(NC(=O)C2(C)CCNC2)sc2c1CCC2. The molecule has 21 heavy (non-hydrogen) atoms. The van der Waals surface area contributed by atoms with Gasteiger partial charge < -0.3 is 15.4 Å². The van der Waals surface area contributed by atoms with E-state index in [0.29, 0.717) is 17.1 Å². The Balaban J connectivity index is 1.89. The molecule has 0 saturated carbocycles. The number of thiophene rings is 1. The van der Waals surface area contributed by atoms with Crippen LogP contribution < -0.4 is 10.6 Å². The minimum absolute atomic E-state index is 0.0161. The van der Waals surface area contributed by atoms with Crippen LogP contribution in [0.3, 0.4) is 0 Å². The molecule has 1 saturated heterocycles. The van der Waals surface area contributed by atoms with Crippen molar-refractivity contribution in [3.8, 4) is 0 Å². The summed E-state index contributed by atoms with van der Waals surface area (Å²) < 4.78 is 4.90. The van der Waals surface area contributed by atoms with Crippen LogP contribution in [0.15, 0.2) is 0 Å². The van der Waals surface area contributed by atoms with Crippen LogP contribution in [0.5, 0.6) is 0 Å². The van der Waals surface area contributed by atoms with Crippen LogP contribution in [0.2, 0.25) is 0 Å². The molecule has 1 unspecified atom stereocenters. The van der Waals surface area contributed by atoms with Gasteiger partial charge in [0.1, 0.15) is 5.00 Å². The molecule has 1 aromatic rings. The van der Waals surface area contributed by atoms with Gasteiger partial charge in [0.05, 0.1) is 18.1 Å². The molecule has 0 aromatic carbocycles. The molecule has 1 aliphatic heterocycles. The molecule has 114 valence electrons. The number of methoxy groups -OCH3 is 1. The Bertz CT molecular complexity index is 588. The van der Waals surface area contributed by atoms with Crippen molar-refractivity contribution in [3.05, 3.63) is 16.0 Å². The van der Waals surface area contributed by atoms with Crippen molar-refractivity contribution in [2.45, 2.75) is 32.6 Å². The van der Waals surface area contributed by atoms with Crippen molar-refractivity contribution in [1.82, 2.24) is 5.32 Å². The van der Waals surface area contributed by atoms with Crippen LogP contribution in [0.1, 0.15) is 40.6 Å². The Morgan fingerprint density at radius 2 is 2.19 bits per heavy atom. The molecular formula is C15H20N2O3S. The zero-order valence-corrected chi connectivity index (χ0v) is 13.2. The highest BCUT2D eigenvalue weighted by molar-refractivity contribution is 7.17. The number of fused-ring (bicyclic) bond motifs is 1. The van der Waals surface area contributed by atoms with Crippen molar-refractivity contribution in [1.29, 1.82) is 0 Å². The van der Waals surface area contributed by atoms with Crippen molar-refractivity contribution >= 4 is 28.2 Å². The molecule has 1 atom stereocenters. The fourth-order valence-electron chi connectivity index (χ4n) is 3.08. The van der Waals surface area contributed by atoms with Crippen LogP contribution in [0.25, 0.3) is 0 Å². The first-order valence-electron chi connectivity index (χ1n) is 7.30. The maximum atomic E-state index is 12.5. The number of hydrogen-bond acceptors (Lipinski definition) is 5. The average molecular weight is 308 g/mol. The molecule has 6 heteroatoms. The Morgan fingerprint density at radius 1 is 1.38 bits per heavy atom. The third kappa shape index (κ3) is 2.46. The summed E-state index contributed by atoms with van der Waals surface area (Å²) in [6.45, 7) is 3.49. The summed E-state index contributed by atoms with van der Waals surface area (Å²) >= 11 is 1.52. The summed E-state index contributed by atoms with van der Waals surface area (Å²) in [5.41, 5.74) is 1.23. The average Bonchev–Trinajstić information content (AvgIpc) is 3.14. The molecule has 5 nitrogen and oxygen atoms in total. The van der Waals surface area contributed by atoms with Gasteiger partial charge in [0, 0.05) is 11.4 Å². The van der Waals surface area contributed by atoms with E-state index in [0.717, 1.165) is 37.8 Å². The molecule has 1 fully saturated rings. The van der Waals surface area contributed by atoms with Crippen LogP contribution in [0.4, 0.5) is 5.00 Å². The maximum absolute atomic E-state index is 12.5. The highest BCUT2D eigenvalue weighted by atomic mass is 32.1. The zero-order valence-electron chi connectivity index (χ0n) is 12.4. The second-order valence-electron chi connectivity index (χ2n) is 5.99. The summed E-state index contributed by atoms with van der Waals surface area (Å²) in [5.74, 6) is -0.364. The standard InChI is InChI=1S/C15H20N2O3S/c1-15(6-7-16-8-15)14(19)17-12-11(13(18)20-2)9-4-3-5-10(9)21-12/h16H,3-8H2,1-2H3,(H,17,19). The first-order valence-corrected chi connectivity index (χ1v) is 8.12. The second-order valence-corrected chi connectivity index (χ2v) is 7.10. The van der Waals surface area contributed by atoms with Gasteiger partial charge in [0.2, 0.25) is 5.91 Å². The maximum Gasteiger partial charge on any atom is 0.341 e. The minimum Gasteiger partial charge on any atom is -0.465 e. The number of aryl methyl sites for hydroxylation is 1. The van der Waals surface area contributed by atoms with E-state index in [1.165, 1.54) is 23.3 Å². The molecule has 1 amide bonds. The first-order chi connectivity index (χ1) is 10.0. The van der Waals surface area contributed by atoms with Crippen molar-refractivity contribution in [2.24, 2.45) is 5.41 Å². The van der Waals surface area contributed by atoms with E-state index in [4.69, 9.17) is 4.74 Å². The normalized spacial score (nSPS) is 23.9. The van der Waals surface area contributed by atoms with Crippen LogP contribution in [-0.4, -0.2) is 32.1 Å². The predicted molar refractivity (Wildman–Crippen MR) is 81.9 cm³/mol. The lowest BCUT2D eigenvalue weighted by Crippen LogP contribution is -2.35. The highest BCUT2D eigenvalue weighted by Gasteiger charge is 2.38. The van der Waals surface area contributed by atoms with Crippen LogP contribution in [0, 0.1) is 5.41 Å². The minimum atomic E-state index is -0.401. The van der Waals surface area contributed by atoms with E-state index in [1.54, 1.807) is 0 Å². The van der Waals surface area contributed by atoms with Gasteiger partial charge in [-0.2, -0.15) is 0 Å². The van der Waals surface area contributed by atoms with Crippen molar-refractivity contribution in [3.63, 3.8) is 0 Å². The molecule has 0 spiro atoms. The molecule has 1 aromatic heterocycles. The molecule has 0 bridgehead atoms. The first kappa shape index (κ1) is 14.5.